The van der Waals surface area contributed by atoms with E-state index in [1.54, 1.807) is 6.08 Å². The molecule has 108 valence electrons. The lowest BCUT2D eigenvalue weighted by atomic mass is 10.1. The predicted octanol–water partition coefficient (Wildman–Crippen LogP) is 5.50. The van der Waals surface area contributed by atoms with E-state index < -0.39 is 0 Å². The normalized spacial score (nSPS) is 12.1. The van der Waals surface area contributed by atoms with E-state index in [4.69, 9.17) is 5.73 Å². The second-order valence-corrected chi connectivity index (χ2v) is 5.18. The fraction of sp³-hybridized carbons (Fsp3) is 0.875. The van der Waals surface area contributed by atoms with Crippen LogP contribution in [0.4, 0.5) is 4.39 Å². The summed E-state index contributed by atoms with van der Waals surface area (Å²) in [6, 6.07) is 0. The molecule has 2 heteroatoms. The van der Waals surface area contributed by atoms with Crippen LogP contribution in [0.2, 0.25) is 0 Å². The molecule has 0 spiro atoms. The van der Waals surface area contributed by atoms with Gasteiger partial charge < -0.3 is 5.73 Å². The van der Waals surface area contributed by atoms with Crippen molar-refractivity contribution in [2.45, 2.75) is 84.0 Å². The van der Waals surface area contributed by atoms with E-state index in [0.717, 1.165) is 12.8 Å². The topological polar surface area (TPSA) is 26.0 Å². The third kappa shape index (κ3) is 13.7. The average molecular weight is 257 g/mol. The van der Waals surface area contributed by atoms with Gasteiger partial charge in [0.25, 0.3) is 0 Å². The fourth-order valence-corrected chi connectivity index (χ4v) is 2.15. The van der Waals surface area contributed by atoms with Crippen LogP contribution in [0.5, 0.6) is 0 Å². The first-order valence-corrected chi connectivity index (χ1v) is 7.85. The molecule has 18 heavy (non-hydrogen) atoms. The number of hydrogen-bond donors (Lipinski definition) is 1. The van der Waals surface area contributed by atoms with Gasteiger partial charge in [0.2, 0.25) is 0 Å². The molecule has 0 fully saturated rings. The van der Waals surface area contributed by atoms with Gasteiger partial charge in [0.15, 0.2) is 0 Å². The summed E-state index contributed by atoms with van der Waals surface area (Å²) < 4.78 is 12.7. The van der Waals surface area contributed by atoms with Crippen molar-refractivity contribution in [3.63, 3.8) is 0 Å². The average Bonchev–Trinajstić information content (AvgIpc) is 2.39. The molecular formula is C16H32FN. The number of rotatable bonds is 13. The summed E-state index contributed by atoms with van der Waals surface area (Å²) in [5.74, 6) is -0.165. The number of nitrogens with two attached hydrogens (primary N) is 1. The molecule has 0 aliphatic carbocycles. The van der Waals surface area contributed by atoms with E-state index in [-0.39, 0.29) is 12.4 Å². The summed E-state index contributed by atoms with van der Waals surface area (Å²) in [5, 5.41) is 0. The lowest BCUT2D eigenvalue weighted by Gasteiger charge is -2.01. The third-order valence-electron chi connectivity index (χ3n) is 3.37. The maximum absolute atomic E-state index is 12.7. The van der Waals surface area contributed by atoms with Gasteiger partial charge in [-0.15, -0.1) is 0 Å². The van der Waals surface area contributed by atoms with Crippen LogP contribution in [0, 0.1) is 0 Å². The van der Waals surface area contributed by atoms with Crippen molar-refractivity contribution in [1.82, 2.24) is 0 Å². The fourth-order valence-electron chi connectivity index (χ4n) is 2.15. The van der Waals surface area contributed by atoms with Crippen LogP contribution in [0.1, 0.15) is 84.0 Å². The minimum atomic E-state index is -0.165. The maximum atomic E-state index is 12.7. The lowest BCUT2D eigenvalue weighted by Crippen LogP contribution is -1.98. The Labute approximate surface area is 113 Å². The van der Waals surface area contributed by atoms with Crippen LogP contribution in [-0.4, -0.2) is 6.54 Å². The Hall–Kier alpha value is -0.370. The summed E-state index contributed by atoms with van der Waals surface area (Å²) in [5.41, 5.74) is 5.17. The van der Waals surface area contributed by atoms with Gasteiger partial charge in [-0.05, 0) is 12.8 Å². The Bertz CT molecular complexity index is 190. The molecule has 0 aliphatic rings. The van der Waals surface area contributed by atoms with E-state index in [1.165, 1.54) is 64.2 Å². The first-order chi connectivity index (χ1) is 8.81. The Morgan fingerprint density at radius 2 is 1.28 bits per heavy atom. The molecule has 0 aromatic rings. The van der Waals surface area contributed by atoms with Gasteiger partial charge in [-0.2, -0.15) is 0 Å². The zero-order valence-electron chi connectivity index (χ0n) is 12.2. The number of allylic oxidation sites excluding steroid dienone is 1. The van der Waals surface area contributed by atoms with Gasteiger partial charge in [-0.3, -0.25) is 0 Å². The highest BCUT2D eigenvalue weighted by molar-refractivity contribution is 4.92. The molecule has 0 radical (unpaired) electrons. The zero-order chi connectivity index (χ0) is 13.5. The van der Waals surface area contributed by atoms with Crippen molar-refractivity contribution in [3.05, 3.63) is 11.9 Å². The largest absolute Gasteiger partial charge is 0.325 e. The van der Waals surface area contributed by atoms with Gasteiger partial charge in [0, 0.05) is 6.54 Å². The zero-order valence-corrected chi connectivity index (χ0v) is 12.2. The second-order valence-electron chi connectivity index (χ2n) is 5.18. The summed E-state index contributed by atoms with van der Waals surface area (Å²) in [7, 11) is 0. The molecule has 0 rings (SSSR count). The smallest absolute Gasteiger partial charge is 0.109 e. The van der Waals surface area contributed by atoms with E-state index in [9.17, 15) is 4.39 Å². The Balaban J connectivity index is 3.03. The van der Waals surface area contributed by atoms with Crippen molar-refractivity contribution in [3.8, 4) is 0 Å². The second kappa shape index (κ2) is 14.7. The van der Waals surface area contributed by atoms with E-state index in [0.29, 0.717) is 0 Å². The van der Waals surface area contributed by atoms with Crippen molar-refractivity contribution < 1.29 is 4.39 Å². The molecule has 0 saturated heterocycles. The Morgan fingerprint density at radius 1 is 0.833 bits per heavy atom. The quantitative estimate of drug-likeness (QED) is 0.433. The number of hydrogen-bond acceptors (Lipinski definition) is 1. The van der Waals surface area contributed by atoms with Gasteiger partial charge >= 0.3 is 0 Å². The predicted molar refractivity (Wildman–Crippen MR) is 79.3 cm³/mol. The molecule has 0 atom stereocenters. The van der Waals surface area contributed by atoms with E-state index >= 15 is 0 Å². The molecular weight excluding hydrogens is 225 g/mol. The van der Waals surface area contributed by atoms with Crippen LogP contribution in [-0.2, 0) is 0 Å². The maximum Gasteiger partial charge on any atom is 0.109 e. The molecule has 0 aromatic heterocycles. The highest BCUT2D eigenvalue weighted by Crippen LogP contribution is 2.12. The third-order valence-corrected chi connectivity index (χ3v) is 3.37. The first-order valence-electron chi connectivity index (χ1n) is 7.85. The molecule has 0 saturated carbocycles. The van der Waals surface area contributed by atoms with Crippen LogP contribution in [0.15, 0.2) is 11.9 Å². The SMILES string of the molecule is CCCCCCCCCCCCC/C=C(\F)CN. The minimum Gasteiger partial charge on any atom is -0.325 e. The van der Waals surface area contributed by atoms with Gasteiger partial charge in [-0.1, -0.05) is 77.2 Å². The molecule has 1 nitrogen and oxygen atoms in total. The standard InChI is InChI=1S/C16H32FN/c1-2-3-4-5-6-7-8-9-10-11-12-13-14-16(17)15-18/h14H,2-13,15,18H2,1H3/b16-14-. The van der Waals surface area contributed by atoms with Crippen LogP contribution in [0.3, 0.4) is 0 Å². The number of unbranched alkanes of at least 4 members (excludes halogenated alkanes) is 11. The van der Waals surface area contributed by atoms with Crippen molar-refractivity contribution >= 4 is 0 Å². The molecule has 0 unspecified atom stereocenters. The van der Waals surface area contributed by atoms with Crippen molar-refractivity contribution in [2.75, 3.05) is 6.54 Å². The minimum absolute atomic E-state index is 0.0536. The molecule has 0 bridgehead atoms. The molecule has 0 aromatic carbocycles. The number of halogens is 1. The summed E-state index contributed by atoms with van der Waals surface area (Å²) >= 11 is 0. The molecule has 0 aliphatic heterocycles. The Kier molecular flexibility index (Phi) is 14.4. The summed E-state index contributed by atoms with van der Waals surface area (Å²) in [6.07, 6.45) is 17.2. The lowest BCUT2D eigenvalue weighted by molar-refractivity contribution is 0.548. The van der Waals surface area contributed by atoms with Gasteiger partial charge in [0.05, 0.1) is 0 Å². The Morgan fingerprint density at radius 3 is 1.72 bits per heavy atom. The monoisotopic (exact) mass is 257 g/mol. The van der Waals surface area contributed by atoms with E-state index in [2.05, 4.69) is 6.92 Å². The van der Waals surface area contributed by atoms with Crippen LogP contribution in [0.25, 0.3) is 0 Å². The van der Waals surface area contributed by atoms with E-state index in [1.807, 2.05) is 0 Å². The summed E-state index contributed by atoms with van der Waals surface area (Å²) in [4.78, 5) is 0. The summed E-state index contributed by atoms with van der Waals surface area (Å²) in [6.45, 7) is 2.31. The highest BCUT2D eigenvalue weighted by Gasteiger charge is 1.93. The molecule has 0 amide bonds. The van der Waals surface area contributed by atoms with Crippen molar-refractivity contribution in [1.29, 1.82) is 0 Å². The van der Waals surface area contributed by atoms with Crippen LogP contribution < -0.4 is 5.73 Å². The highest BCUT2D eigenvalue weighted by atomic mass is 19.1. The van der Waals surface area contributed by atoms with Crippen molar-refractivity contribution in [2.24, 2.45) is 5.73 Å². The van der Waals surface area contributed by atoms with Gasteiger partial charge in [0.1, 0.15) is 5.83 Å². The molecule has 2 N–H and O–H groups in total. The van der Waals surface area contributed by atoms with Crippen LogP contribution >= 0.6 is 0 Å². The first kappa shape index (κ1) is 17.6. The molecule has 0 heterocycles. The van der Waals surface area contributed by atoms with Gasteiger partial charge in [-0.25, -0.2) is 4.39 Å².